The molecule has 0 bridgehead atoms. The number of rotatable bonds is 1. The number of phenols is 1. The van der Waals surface area contributed by atoms with Gasteiger partial charge in [0.05, 0.1) is 5.56 Å². The molecule has 0 fully saturated rings. The van der Waals surface area contributed by atoms with Gasteiger partial charge in [-0.2, -0.15) is 0 Å². The Morgan fingerprint density at radius 3 is 2.48 bits per heavy atom. The molecular formula is C18H15ClO2. The van der Waals surface area contributed by atoms with E-state index in [1.54, 1.807) is 12.1 Å². The lowest BCUT2D eigenvalue weighted by molar-refractivity contribution is 0.103. The summed E-state index contributed by atoms with van der Waals surface area (Å²) < 4.78 is 0. The fourth-order valence-electron chi connectivity index (χ4n) is 2.80. The van der Waals surface area contributed by atoms with Gasteiger partial charge in [0.15, 0.2) is 5.78 Å². The zero-order valence-electron chi connectivity index (χ0n) is 11.9. The number of fused-ring (bicyclic) bond motifs is 1. The molecule has 0 saturated carbocycles. The molecule has 0 aromatic heterocycles. The number of hydrogen-bond donors (Lipinski definition) is 1. The summed E-state index contributed by atoms with van der Waals surface area (Å²) in [6.45, 7) is 3.79. The van der Waals surface area contributed by atoms with E-state index in [0.29, 0.717) is 22.6 Å². The fourth-order valence-corrected chi connectivity index (χ4v) is 2.92. The largest absolute Gasteiger partial charge is 0.507 e. The van der Waals surface area contributed by atoms with Gasteiger partial charge in [-0.3, -0.25) is 4.79 Å². The van der Waals surface area contributed by atoms with Crippen LogP contribution in [0.15, 0.2) is 35.9 Å². The quantitative estimate of drug-likeness (QED) is 0.788. The van der Waals surface area contributed by atoms with Gasteiger partial charge in [-0.05, 0) is 54.3 Å². The molecular weight excluding hydrogens is 284 g/mol. The van der Waals surface area contributed by atoms with E-state index in [2.05, 4.69) is 0 Å². The third-order valence-electron chi connectivity index (χ3n) is 3.92. The second kappa shape index (κ2) is 5.05. The van der Waals surface area contributed by atoms with Crippen molar-refractivity contribution in [1.29, 1.82) is 0 Å². The number of ketones is 1. The highest BCUT2D eigenvalue weighted by Crippen LogP contribution is 2.37. The summed E-state index contributed by atoms with van der Waals surface area (Å²) in [6, 6.07) is 9.28. The summed E-state index contributed by atoms with van der Waals surface area (Å²) in [5.41, 5.74) is 4.83. The molecule has 2 nitrogen and oxygen atoms in total. The molecule has 3 rings (SSSR count). The summed E-state index contributed by atoms with van der Waals surface area (Å²) in [7, 11) is 0. The smallest absolute Gasteiger partial charge is 0.193 e. The second-order valence-corrected chi connectivity index (χ2v) is 5.88. The monoisotopic (exact) mass is 298 g/mol. The lowest BCUT2D eigenvalue weighted by atomic mass is 10.00. The van der Waals surface area contributed by atoms with Crippen LogP contribution in [0.1, 0.15) is 32.6 Å². The predicted octanol–water partition coefficient (Wildman–Crippen LogP) is 4.48. The molecule has 106 valence electrons. The standard InChI is InChI=1S/C18H15ClO2/c1-10-7-11(2)17(20)16-15(10)9-13(18(16)21)8-12-3-5-14(19)6-4-12/h3-8,20H,9H2,1-2H3. The van der Waals surface area contributed by atoms with E-state index >= 15 is 0 Å². The Hall–Kier alpha value is -2.06. The van der Waals surface area contributed by atoms with Gasteiger partial charge in [-0.25, -0.2) is 0 Å². The zero-order valence-corrected chi connectivity index (χ0v) is 12.7. The van der Waals surface area contributed by atoms with Crippen LogP contribution in [0.3, 0.4) is 0 Å². The van der Waals surface area contributed by atoms with Crippen molar-refractivity contribution in [2.45, 2.75) is 20.3 Å². The first kappa shape index (κ1) is 13.9. The van der Waals surface area contributed by atoms with Crippen LogP contribution in [0, 0.1) is 13.8 Å². The summed E-state index contributed by atoms with van der Waals surface area (Å²) in [4.78, 5) is 12.5. The zero-order chi connectivity index (χ0) is 15.1. The van der Waals surface area contributed by atoms with Crippen molar-refractivity contribution in [2.24, 2.45) is 0 Å². The van der Waals surface area contributed by atoms with Gasteiger partial charge >= 0.3 is 0 Å². The van der Waals surface area contributed by atoms with Crippen molar-refractivity contribution in [1.82, 2.24) is 0 Å². The van der Waals surface area contributed by atoms with Crippen LogP contribution in [0.2, 0.25) is 5.02 Å². The van der Waals surface area contributed by atoms with Crippen LogP contribution in [0.4, 0.5) is 0 Å². The molecule has 0 amide bonds. The van der Waals surface area contributed by atoms with Crippen molar-refractivity contribution in [3.05, 3.63) is 68.7 Å². The first-order valence-corrected chi connectivity index (χ1v) is 7.18. The Balaban J connectivity index is 2.06. The number of phenolic OH excluding ortho intramolecular Hbond substituents is 1. The van der Waals surface area contributed by atoms with Gasteiger partial charge in [0.1, 0.15) is 5.75 Å². The number of carbonyl (C=O) groups excluding carboxylic acids is 1. The summed E-state index contributed by atoms with van der Waals surface area (Å²) in [5.74, 6) is 0.0318. The Bertz CT molecular complexity index is 771. The highest BCUT2D eigenvalue weighted by Gasteiger charge is 2.30. The van der Waals surface area contributed by atoms with Crippen LogP contribution >= 0.6 is 11.6 Å². The minimum Gasteiger partial charge on any atom is -0.507 e. The molecule has 0 atom stereocenters. The first-order valence-electron chi connectivity index (χ1n) is 6.80. The molecule has 1 aliphatic carbocycles. The minimum absolute atomic E-state index is 0.0794. The number of hydrogen-bond acceptors (Lipinski definition) is 2. The maximum Gasteiger partial charge on any atom is 0.193 e. The molecule has 0 saturated heterocycles. The molecule has 0 unspecified atom stereocenters. The average molecular weight is 299 g/mol. The number of carbonyl (C=O) groups is 1. The van der Waals surface area contributed by atoms with Crippen LogP contribution in [0.5, 0.6) is 5.75 Å². The molecule has 0 aliphatic heterocycles. The lowest BCUT2D eigenvalue weighted by Gasteiger charge is -2.07. The number of aryl methyl sites for hydroxylation is 2. The Labute approximate surface area is 128 Å². The minimum atomic E-state index is -0.0794. The van der Waals surface area contributed by atoms with Crippen molar-refractivity contribution in [3.63, 3.8) is 0 Å². The van der Waals surface area contributed by atoms with E-state index in [0.717, 1.165) is 22.3 Å². The van der Waals surface area contributed by atoms with Gasteiger partial charge in [0.2, 0.25) is 0 Å². The molecule has 0 spiro atoms. The van der Waals surface area contributed by atoms with Crippen LogP contribution in [0.25, 0.3) is 6.08 Å². The predicted molar refractivity (Wildman–Crippen MR) is 85.0 cm³/mol. The summed E-state index contributed by atoms with van der Waals surface area (Å²) in [6.07, 6.45) is 2.43. The van der Waals surface area contributed by atoms with E-state index in [1.165, 1.54) is 0 Å². The first-order chi connectivity index (χ1) is 9.97. The van der Waals surface area contributed by atoms with Crippen LogP contribution < -0.4 is 0 Å². The number of allylic oxidation sites excluding steroid dienone is 1. The molecule has 0 radical (unpaired) electrons. The SMILES string of the molecule is Cc1cc(C)c2c(c1O)C(=O)C(=Cc1ccc(Cl)cc1)C2. The number of halogens is 1. The number of benzene rings is 2. The molecule has 1 aliphatic rings. The third kappa shape index (κ3) is 2.36. The van der Waals surface area contributed by atoms with Crippen molar-refractivity contribution in [2.75, 3.05) is 0 Å². The van der Waals surface area contributed by atoms with Crippen LogP contribution in [-0.2, 0) is 6.42 Å². The molecule has 1 N–H and O–H groups in total. The highest BCUT2D eigenvalue weighted by atomic mass is 35.5. The van der Waals surface area contributed by atoms with Gasteiger partial charge < -0.3 is 5.11 Å². The second-order valence-electron chi connectivity index (χ2n) is 5.44. The molecule has 2 aromatic rings. The van der Waals surface area contributed by atoms with Crippen LogP contribution in [-0.4, -0.2) is 10.9 Å². The van der Waals surface area contributed by atoms with Gasteiger partial charge in [0, 0.05) is 17.0 Å². The molecule has 21 heavy (non-hydrogen) atoms. The maximum absolute atomic E-state index is 12.5. The third-order valence-corrected chi connectivity index (χ3v) is 4.17. The molecule has 3 heteroatoms. The summed E-state index contributed by atoms with van der Waals surface area (Å²) >= 11 is 5.87. The maximum atomic E-state index is 12.5. The van der Waals surface area contributed by atoms with E-state index in [1.807, 2.05) is 38.1 Å². The van der Waals surface area contributed by atoms with Gasteiger partial charge in [-0.15, -0.1) is 0 Å². The Morgan fingerprint density at radius 2 is 1.81 bits per heavy atom. The average Bonchev–Trinajstić information content (AvgIpc) is 2.77. The molecule has 2 aromatic carbocycles. The van der Waals surface area contributed by atoms with Crippen molar-refractivity contribution < 1.29 is 9.90 Å². The Morgan fingerprint density at radius 1 is 1.14 bits per heavy atom. The van der Waals surface area contributed by atoms with E-state index < -0.39 is 0 Å². The van der Waals surface area contributed by atoms with Crippen molar-refractivity contribution in [3.8, 4) is 5.75 Å². The van der Waals surface area contributed by atoms with E-state index in [4.69, 9.17) is 11.6 Å². The fraction of sp³-hybridized carbons (Fsp3) is 0.167. The summed E-state index contributed by atoms with van der Waals surface area (Å²) in [5, 5.41) is 10.8. The normalized spacial score (nSPS) is 15.6. The van der Waals surface area contributed by atoms with E-state index in [-0.39, 0.29) is 11.5 Å². The van der Waals surface area contributed by atoms with Gasteiger partial charge in [0.25, 0.3) is 0 Å². The number of Topliss-reactive ketones (excluding diaryl/α,β-unsaturated/α-hetero) is 1. The Kier molecular flexibility index (Phi) is 3.34. The lowest BCUT2D eigenvalue weighted by Crippen LogP contribution is -1.97. The molecule has 0 heterocycles. The van der Waals surface area contributed by atoms with Gasteiger partial charge in [-0.1, -0.05) is 29.8 Å². The topological polar surface area (TPSA) is 37.3 Å². The van der Waals surface area contributed by atoms with Crippen molar-refractivity contribution >= 4 is 23.5 Å². The number of aromatic hydroxyl groups is 1. The van der Waals surface area contributed by atoms with E-state index in [9.17, 15) is 9.90 Å². The highest BCUT2D eigenvalue weighted by molar-refractivity contribution is 6.30.